The smallest absolute Gasteiger partial charge is 0.416 e. The van der Waals surface area contributed by atoms with E-state index in [2.05, 4.69) is 30.7 Å². The number of halogens is 3. The molecule has 1 saturated heterocycles. The summed E-state index contributed by atoms with van der Waals surface area (Å²) in [7, 11) is 1.05. The second kappa shape index (κ2) is 12.1. The fourth-order valence-electron chi connectivity index (χ4n) is 4.76. The minimum Gasteiger partial charge on any atom is -0.437 e. The Balaban J connectivity index is 1.44. The SMILES string of the molecule is CO[C@@H](CNc1cccc2c(Oc3ncccc3-c3ccnc(N[C@H]4CCCNC4)n3)c(C)ccc12)C(F)(F)F. The van der Waals surface area contributed by atoms with Crippen molar-refractivity contribution in [3.05, 3.63) is 66.5 Å². The highest BCUT2D eigenvalue weighted by Gasteiger charge is 2.39. The highest BCUT2D eigenvalue weighted by Crippen LogP contribution is 2.38. The van der Waals surface area contributed by atoms with Crippen LogP contribution in [-0.4, -0.2) is 60.0 Å². The van der Waals surface area contributed by atoms with E-state index < -0.39 is 18.8 Å². The number of piperidine rings is 1. The lowest BCUT2D eigenvalue weighted by molar-refractivity contribution is -0.207. The topological polar surface area (TPSA) is 93.2 Å². The molecule has 4 aromatic rings. The van der Waals surface area contributed by atoms with E-state index in [1.54, 1.807) is 30.6 Å². The van der Waals surface area contributed by atoms with E-state index in [9.17, 15) is 13.2 Å². The predicted molar refractivity (Wildman–Crippen MR) is 149 cm³/mol. The summed E-state index contributed by atoms with van der Waals surface area (Å²) in [6.45, 7) is 3.36. The number of nitrogens with zero attached hydrogens (tertiary/aromatic N) is 3. The predicted octanol–water partition coefficient (Wildman–Crippen LogP) is 5.95. The monoisotopic (exact) mass is 552 g/mol. The molecular formula is C29H31F3N6O2. The summed E-state index contributed by atoms with van der Waals surface area (Å²) >= 11 is 0. The summed E-state index contributed by atoms with van der Waals surface area (Å²) in [5.41, 5.74) is 2.73. The number of aryl methyl sites for hydroxylation is 1. The molecule has 0 aliphatic carbocycles. The number of ether oxygens (including phenoxy) is 2. The van der Waals surface area contributed by atoms with Crippen LogP contribution in [0.2, 0.25) is 0 Å². The number of aromatic nitrogens is 3. The van der Waals surface area contributed by atoms with Gasteiger partial charge < -0.3 is 25.4 Å². The van der Waals surface area contributed by atoms with Gasteiger partial charge in [-0.3, -0.25) is 0 Å². The lowest BCUT2D eigenvalue weighted by Crippen LogP contribution is -2.38. The molecule has 3 N–H and O–H groups in total. The third-order valence-corrected chi connectivity index (χ3v) is 6.87. The summed E-state index contributed by atoms with van der Waals surface area (Å²) < 4.78 is 50.7. The third-order valence-electron chi connectivity index (χ3n) is 6.87. The molecule has 1 aliphatic heterocycles. The molecule has 0 unspecified atom stereocenters. The molecule has 8 nitrogen and oxygen atoms in total. The zero-order valence-electron chi connectivity index (χ0n) is 22.3. The number of methoxy groups -OCH3 is 1. The van der Waals surface area contributed by atoms with Gasteiger partial charge in [0, 0.05) is 48.5 Å². The summed E-state index contributed by atoms with van der Waals surface area (Å²) in [6, 6.07) is 14.9. The molecule has 3 heterocycles. The van der Waals surface area contributed by atoms with E-state index >= 15 is 0 Å². The number of hydrogen-bond donors (Lipinski definition) is 3. The fraction of sp³-hybridized carbons (Fsp3) is 0.345. The van der Waals surface area contributed by atoms with Gasteiger partial charge >= 0.3 is 6.18 Å². The molecule has 2 aromatic heterocycles. The van der Waals surface area contributed by atoms with Crippen LogP contribution in [0.25, 0.3) is 22.0 Å². The van der Waals surface area contributed by atoms with Gasteiger partial charge in [0.15, 0.2) is 6.10 Å². The Hall–Kier alpha value is -3.96. The van der Waals surface area contributed by atoms with Gasteiger partial charge in [-0.2, -0.15) is 13.2 Å². The van der Waals surface area contributed by atoms with Crippen molar-refractivity contribution in [2.75, 3.05) is 37.4 Å². The zero-order valence-corrected chi connectivity index (χ0v) is 22.3. The van der Waals surface area contributed by atoms with Gasteiger partial charge in [-0.15, -0.1) is 0 Å². The number of anilines is 2. The number of alkyl halides is 3. The Bertz CT molecular complexity index is 1460. The van der Waals surface area contributed by atoms with Crippen LogP contribution in [0.4, 0.5) is 24.8 Å². The van der Waals surface area contributed by atoms with E-state index in [0.29, 0.717) is 39.9 Å². The van der Waals surface area contributed by atoms with Crippen LogP contribution < -0.4 is 20.7 Å². The second-order valence-electron chi connectivity index (χ2n) is 9.67. The highest BCUT2D eigenvalue weighted by atomic mass is 19.4. The Morgan fingerprint density at radius 2 is 1.93 bits per heavy atom. The van der Waals surface area contributed by atoms with Crippen molar-refractivity contribution in [1.29, 1.82) is 0 Å². The molecule has 0 bridgehead atoms. The normalized spacial score (nSPS) is 16.5. The van der Waals surface area contributed by atoms with Crippen molar-refractivity contribution in [2.24, 2.45) is 0 Å². The van der Waals surface area contributed by atoms with E-state index in [-0.39, 0.29) is 6.04 Å². The van der Waals surface area contributed by atoms with Crippen molar-refractivity contribution < 1.29 is 22.6 Å². The van der Waals surface area contributed by atoms with Crippen molar-refractivity contribution in [3.63, 3.8) is 0 Å². The molecule has 40 heavy (non-hydrogen) atoms. The maximum absolute atomic E-state index is 13.2. The van der Waals surface area contributed by atoms with Crippen LogP contribution in [-0.2, 0) is 4.74 Å². The van der Waals surface area contributed by atoms with Gasteiger partial charge in [0.2, 0.25) is 11.8 Å². The van der Waals surface area contributed by atoms with Crippen molar-refractivity contribution in [2.45, 2.75) is 38.1 Å². The molecule has 0 saturated carbocycles. The molecule has 0 amide bonds. The van der Waals surface area contributed by atoms with Crippen LogP contribution in [0, 0.1) is 6.92 Å². The third kappa shape index (κ3) is 6.26. The van der Waals surface area contributed by atoms with E-state index in [4.69, 9.17) is 9.72 Å². The van der Waals surface area contributed by atoms with Gasteiger partial charge in [-0.25, -0.2) is 15.0 Å². The Morgan fingerprint density at radius 1 is 1.05 bits per heavy atom. The standard InChI is InChI=1S/C29H31F3N6O2/c1-18-10-11-20-21(7-3-9-23(20)36-17-25(39-2)29(30,31)32)26(18)40-27-22(8-5-14-34-27)24-12-15-35-28(38-24)37-19-6-4-13-33-16-19/h3,5,7-12,14-15,19,25,33,36H,4,6,13,16-17H2,1-2H3,(H,35,37,38)/t19-,25-/m0/s1. The first kappa shape index (κ1) is 27.6. The minimum atomic E-state index is -4.48. The maximum atomic E-state index is 13.2. The average Bonchev–Trinajstić information content (AvgIpc) is 2.95. The van der Waals surface area contributed by atoms with E-state index in [0.717, 1.165) is 44.0 Å². The molecule has 5 rings (SSSR count). The zero-order chi connectivity index (χ0) is 28.1. The van der Waals surface area contributed by atoms with E-state index in [1.807, 2.05) is 37.3 Å². The van der Waals surface area contributed by atoms with Crippen LogP contribution in [0.3, 0.4) is 0 Å². The molecule has 11 heteroatoms. The average molecular weight is 553 g/mol. The largest absolute Gasteiger partial charge is 0.437 e. The van der Waals surface area contributed by atoms with Gasteiger partial charge in [0.05, 0.1) is 17.8 Å². The molecule has 1 fully saturated rings. The van der Waals surface area contributed by atoms with Crippen LogP contribution >= 0.6 is 0 Å². The number of nitrogens with one attached hydrogen (secondary N) is 3. The summed E-state index contributed by atoms with van der Waals surface area (Å²) in [5.74, 6) is 1.45. The Kier molecular flexibility index (Phi) is 8.32. The lowest BCUT2D eigenvalue weighted by Gasteiger charge is -2.23. The first-order valence-corrected chi connectivity index (χ1v) is 13.1. The van der Waals surface area contributed by atoms with Crippen LogP contribution in [0.5, 0.6) is 11.6 Å². The van der Waals surface area contributed by atoms with Crippen LogP contribution in [0.1, 0.15) is 18.4 Å². The number of fused-ring (bicyclic) bond motifs is 1. The van der Waals surface area contributed by atoms with Gasteiger partial charge in [-0.1, -0.05) is 24.3 Å². The molecule has 210 valence electrons. The number of pyridine rings is 1. The van der Waals surface area contributed by atoms with Crippen LogP contribution in [0.15, 0.2) is 60.9 Å². The summed E-state index contributed by atoms with van der Waals surface area (Å²) in [4.78, 5) is 13.6. The van der Waals surface area contributed by atoms with Gasteiger partial charge in [0.25, 0.3) is 0 Å². The summed E-state index contributed by atoms with van der Waals surface area (Å²) in [5, 5.41) is 11.1. The quantitative estimate of drug-likeness (QED) is 0.235. The van der Waals surface area contributed by atoms with Crippen molar-refractivity contribution >= 4 is 22.4 Å². The summed E-state index contributed by atoms with van der Waals surface area (Å²) in [6.07, 6.45) is -0.927. The van der Waals surface area contributed by atoms with Gasteiger partial charge in [0.1, 0.15) is 5.75 Å². The van der Waals surface area contributed by atoms with Crippen molar-refractivity contribution in [3.8, 4) is 22.9 Å². The number of hydrogen-bond acceptors (Lipinski definition) is 8. The lowest BCUT2D eigenvalue weighted by atomic mass is 10.0. The first-order valence-electron chi connectivity index (χ1n) is 13.1. The Morgan fingerprint density at radius 3 is 2.70 bits per heavy atom. The molecule has 0 radical (unpaired) electrons. The van der Waals surface area contributed by atoms with Gasteiger partial charge in [-0.05, 0) is 56.1 Å². The molecular weight excluding hydrogens is 521 g/mol. The Labute approximate surface area is 230 Å². The number of rotatable bonds is 9. The molecule has 0 spiro atoms. The highest BCUT2D eigenvalue weighted by molar-refractivity contribution is 5.98. The van der Waals surface area contributed by atoms with Crippen molar-refractivity contribution in [1.82, 2.24) is 20.3 Å². The molecule has 2 aromatic carbocycles. The number of benzene rings is 2. The maximum Gasteiger partial charge on any atom is 0.416 e. The molecule has 1 aliphatic rings. The molecule has 2 atom stereocenters. The fourth-order valence-corrected chi connectivity index (χ4v) is 4.76. The first-order chi connectivity index (χ1) is 19.3. The van der Waals surface area contributed by atoms with E-state index in [1.165, 1.54) is 0 Å². The minimum absolute atomic E-state index is 0.255. The second-order valence-corrected chi connectivity index (χ2v) is 9.67.